The SMILES string of the molecule is CCC(C)Cc1c(C)sc2nc(SCc3cc(=O)n4c(C)csc4n3)[nH]c(=O)c12. The lowest BCUT2D eigenvalue weighted by Gasteiger charge is -2.08. The third-order valence-electron chi connectivity index (χ3n) is 5.08. The molecule has 4 aromatic heterocycles. The number of thiazole rings is 1. The van der Waals surface area contributed by atoms with Gasteiger partial charge in [-0.25, -0.2) is 9.97 Å². The highest BCUT2D eigenvalue weighted by molar-refractivity contribution is 7.98. The minimum absolute atomic E-state index is 0.0789. The number of thiophene rings is 1. The van der Waals surface area contributed by atoms with Gasteiger partial charge in [0.25, 0.3) is 11.1 Å². The van der Waals surface area contributed by atoms with E-state index in [1.165, 1.54) is 23.1 Å². The van der Waals surface area contributed by atoms with E-state index < -0.39 is 0 Å². The van der Waals surface area contributed by atoms with Crippen LogP contribution < -0.4 is 11.1 Å². The number of hydrogen-bond donors (Lipinski definition) is 1. The molecule has 0 saturated carbocycles. The second-order valence-electron chi connectivity index (χ2n) is 7.28. The summed E-state index contributed by atoms with van der Waals surface area (Å²) in [4.78, 5) is 39.9. The van der Waals surface area contributed by atoms with E-state index in [2.05, 4.69) is 35.7 Å². The molecule has 4 heterocycles. The molecule has 0 radical (unpaired) electrons. The van der Waals surface area contributed by atoms with Crippen molar-refractivity contribution < 1.29 is 0 Å². The van der Waals surface area contributed by atoms with E-state index in [-0.39, 0.29) is 11.1 Å². The molecular weight excluding hydrogens is 424 g/mol. The molecule has 0 saturated heterocycles. The van der Waals surface area contributed by atoms with Crippen molar-refractivity contribution in [2.24, 2.45) is 5.92 Å². The Morgan fingerprint density at radius 2 is 2.07 bits per heavy atom. The molecule has 0 amide bonds. The number of hydrogen-bond acceptors (Lipinski definition) is 7. The first-order chi connectivity index (χ1) is 13.9. The highest BCUT2D eigenvalue weighted by Gasteiger charge is 2.17. The minimum Gasteiger partial charge on any atom is -0.301 e. The molecule has 0 spiro atoms. The topological polar surface area (TPSA) is 80.1 Å². The first kappa shape index (κ1) is 20.3. The van der Waals surface area contributed by atoms with Crippen molar-refractivity contribution in [1.29, 1.82) is 0 Å². The van der Waals surface area contributed by atoms with Gasteiger partial charge in [0.2, 0.25) is 0 Å². The zero-order chi connectivity index (χ0) is 20.7. The number of aromatic nitrogens is 4. The summed E-state index contributed by atoms with van der Waals surface area (Å²) in [5.74, 6) is 1.00. The standard InChI is InChI=1S/C20H22N4O2S3/c1-5-10(2)6-14-12(4)29-18-16(14)17(26)22-19(23-18)27-9-13-7-15(25)24-11(3)8-28-20(24)21-13/h7-8,10H,5-6,9H2,1-4H3,(H,22,23,26). The molecule has 0 fully saturated rings. The van der Waals surface area contributed by atoms with Crippen LogP contribution in [0.5, 0.6) is 0 Å². The lowest BCUT2D eigenvalue weighted by molar-refractivity contribution is 0.561. The summed E-state index contributed by atoms with van der Waals surface area (Å²) in [7, 11) is 0. The molecule has 1 N–H and O–H groups in total. The monoisotopic (exact) mass is 446 g/mol. The molecule has 29 heavy (non-hydrogen) atoms. The Bertz CT molecular complexity index is 1320. The maximum absolute atomic E-state index is 12.8. The number of nitrogens with zero attached hydrogens (tertiary/aromatic N) is 3. The molecule has 0 aliphatic carbocycles. The van der Waals surface area contributed by atoms with Gasteiger partial charge in [0, 0.05) is 27.8 Å². The third kappa shape index (κ3) is 3.91. The molecule has 4 aromatic rings. The number of nitrogens with one attached hydrogen (secondary N) is 1. The Balaban J connectivity index is 1.62. The molecule has 1 atom stereocenters. The summed E-state index contributed by atoms with van der Waals surface area (Å²) in [5, 5.41) is 3.20. The van der Waals surface area contributed by atoms with Crippen molar-refractivity contribution in [3.05, 3.63) is 54.0 Å². The lowest BCUT2D eigenvalue weighted by atomic mass is 9.98. The predicted octanol–water partition coefficient (Wildman–Crippen LogP) is 4.55. The normalized spacial score (nSPS) is 12.8. The molecule has 0 aliphatic rings. The van der Waals surface area contributed by atoms with Crippen molar-refractivity contribution in [2.45, 2.75) is 51.4 Å². The van der Waals surface area contributed by atoms with Crippen molar-refractivity contribution in [3.63, 3.8) is 0 Å². The van der Waals surface area contributed by atoms with E-state index in [0.717, 1.165) is 39.2 Å². The van der Waals surface area contributed by atoms with Gasteiger partial charge in [-0.1, -0.05) is 32.0 Å². The fraction of sp³-hybridized carbons (Fsp3) is 0.400. The first-order valence-electron chi connectivity index (χ1n) is 9.49. The van der Waals surface area contributed by atoms with E-state index in [1.54, 1.807) is 21.8 Å². The van der Waals surface area contributed by atoms with Gasteiger partial charge in [0.15, 0.2) is 10.1 Å². The zero-order valence-electron chi connectivity index (χ0n) is 16.7. The van der Waals surface area contributed by atoms with Crippen LogP contribution in [0.4, 0.5) is 0 Å². The van der Waals surface area contributed by atoms with Crippen LogP contribution >= 0.6 is 34.4 Å². The quantitative estimate of drug-likeness (QED) is 0.347. The van der Waals surface area contributed by atoms with Crippen molar-refractivity contribution in [3.8, 4) is 0 Å². The Morgan fingerprint density at radius 1 is 1.28 bits per heavy atom. The summed E-state index contributed by atoms with van der Waals surface area (Å²) < 4.78 is 1.61. The molecule has 0 aromatic carbocycles. The van der Waals surface area contributed by atoms with E-state index in [1.807, 2.05) is 12.3 Å². The van der Waals surface area contributed by atoms with Crippen molar-refractivity contribution in [2.75, 3.05) is 0 Å². The van der Waals surface area contributed by atoms with Gasteiger partial charge in [0.05, 0.1) is 11.1 Å². The Morgan fingerprint density at radius 3 is 2.83 bits per heavy atom. The smallest absolute Gasteiger partial charge is 0.260 e. The van der Waals surface area contributed by atoms with Gasteiger partial charge in [-0.3, -0.25) is 14.0 Å². The number of H-pyrrole nitrogens is 1. The average molecular weight is 447 g/mol. The van der Waals surface area contributed by atoms with Crippen LogP contribution in [0.3, 0.4) is 0 Å². The fourth-order valence-electron chi connectivity index (χ4n) is 3.28. The zero-order valence-corrected chi connectivity index (χ0v) is 19.2. The molecule has 9 heteroatoms. The largest absolute Gasteiger partial charge is 0.301 e. The van der Waals surface area contributed by atoms with Crippen molar-refractivity contribution >= 4 is 49.6 Å². The second kappa shape index (κ2) is 8.04. The molecule has 6 nitrogen and oxygen atoms in total. The van der Waals surface area contributed by atoms with Crippen molar-refractivity contribution in [1.82, 2.24) is 19.4 Å². The first-order valence-corrected chi connectivity index (χ1v) is 12.2. The number of thioether (sulfide) groups is 1. The maximum Gasteiger partial charge on any atom is 0.260 e. The number of aryl methyl sites for hydroxylation is 2. The molecule has 4 rings (SSSR count). The van der Waals surface area contributed by atoms with Gasteiger partial charge >= 0.3 is 0 Å². The van der Waals surface area contributed by atoms with Crippen LogP contribution in [0.25, 0.3) is 15.2 Å². The van der Waals surface area contributed by atoms with Gasteiger partial charge in [-0.05, 0) is 31.7 Å². The Hall–Kier alpha value is -1.97. The summed E-state index contributed by atoms with van der Waals surface area (Å²) in [6.07, 6.45) is 1.98. The Labute approximate surface area is 180 Å². The predicted molar refractivity (Wildman–Crippen MR) is 122 cm³/mol. The Kier molecular flexibility index (Phi) is 5.63. The molecule has 0 aliphatic heterocycles. The minimum atomic E-state index is -0.0856. The number of fused-ring (bicyclic) bond motifs is 2. The molecule has 0 bridgehead atoms. The summed E-state index contributed by atoms with van der Waals surface area (Å²) in [5.41, 5.74) is 2.53. The summed E-state index contributed by atoms with van der Waals surface area (Å²) in [6, 6.07) is 1.55. The van der Waals surface area contributed by atoms with E-state index >= 15 is 0 Å². The lowest BCUT2D eigenvalue weighted by Crippen LogP contribution is -2.15. The van der Waals surface area contributed by atoms with E-state index in [9.17, 15) is 9.59 Å². The van der Waals surface area contributed by atoms with Crippen LogP contribution in [0.15, 0.2) is 26.2 Å². The van der Waals surface area contributed by atoms with Gasteiger partial charge in [-0.2, -0.15) is 0 Å². The van der Waals surface area contributed by atoms with Crippen LogP contribution in [0.2, 0.25) is 0 Å². The second-order valence-corrected chi connectivity index (χ2v) is 10.3. The molecule has 1 unspecified atom stereocenters. The number of aromatic amines is 1. The highest BCUT2D eigenvalue weighted by Crippen LogP contribution is 2.31. The third-order valence-corrected chi connectivity index (χ3v) is 7.97. The highest BCUT2D eigenvalue weighted by atomic mass is 32.2. The van der Waals surface area contributed by atoms with E-state index in [4.69, 9.17) is 0 Å². The van der Waals surface area contributed by atoms with Crippen LogP contribution in [-0.2, 0) is 12.2 Å². The van der Waals surface area contributed by atoms with Gasteiger partial charge in [0.1, 0.15) is 4.83 Å². The van der Waals surface area contributed by atoms with Crippen LogP contribution in [0.1, 0.15) is 42.1 Å². The summed E-state index contributed by atoms with van der Waals surface area (Å²) >= 11 is 4.42. The van der Waals surface area contributed by atoms with E-state index in [0.29, 0.717) is 27.5 Å². The average Bonchev–Trinajstić information content (AvgIpc) is 3.20. The maximum atomic E-state index is 12.8. The fourth-order valence-corrected chi connectivity index (χ4v) is 6.03. The van der Waals surface area contributed by atoms with Gasteiger partial charge < -0.3 is 4.98 Å². The van der Waals surface area contributed by atoms with Gasteiger partial charge in [-0.15, -0.1) is 22.7 Å². The van der Waals surface area contributed by atoms with Crippen LogP contribution in [-0.4, -0.2) is 19.4 Å². The summed E-state index contributed by atoms with van der Waals surface area (Å²) in [6.45, 7) is 8.33. The number of rotatable bonds is 6. The molecule has 152 valence electrons. The van der Waals surface area contributed by atoms with Crippen LogP contribution in [0, 0.1) is 19.8 Å². The molecular formula is C20H22N4O2S3.